The molecule has 0 aliphatic rings. The molecule has 0 bridgehead atoms. The molecular formula is C11H7FN2O. The second-order valence-corrected chi connectivity index (χ2v) is 2.94. The summed E-state index contributed by atoms with van der Waals surface area (Å²) >= 11 is 0. The lowest BCUT2D eigenvalue weighted by atomic mass is 10.1. The van der Waals surface area contributed by atoms with E-state index in [4.69, 9.17) is 0 Å². The van der Waals surface area contributed by atoms with Gasteiger partial charge >= 0.3 is 0 Å². The monoisotopic (exact) mass is 202 g/mol. The van der Waals surface area contributed by atoms with E-state index in [0.717, 1.165) is 0 Å². The number of aromatic nitrogens is 2. The summed E-state index contributed by atoms with van der Waals surface area (Å²) in [5, 5.41) is 7.12. The smallest absolute Gasteiger partial charge is 0.197 e. The van der Waals surface area contributed by atoms with Crippen molar-refractivity contribution in [1.29, 1.82) is 0 Å². The Hall–Kier alpha value is -2.10. The summed E-state index contributed by atoms with van der Waals surface area (Å²) in [5.41, 5.74) is 0.376. The van der Waals surface area contributed by atoms with Gasteiger partial charge in [-0.15, -0.1) is 0 Å². The molecule has 1 heterocycles. The van der Waals surface area contributed by atoms with Crippen molar-refractivity contribution in [2.75, 3.05) is 0 Å². The first-order chi connectivity index (χ1) is 7.29. The van der Waals surface area contributed by atoms with Gasteiger partial charge in [-0.25, -0.2) is 4.39 Å². The molecule has 0 radical (unpaired) electrons. The van der Waals surface area contributed by atoms with Crippen LogP contribution in [0.4, 0.5) is 4.39 Å². The molecule has 74 valence electrons. The van der Waals surface area contributed by atoms with Crippen molar-refractivity contribution >= 4 is 5.78 Å². The third-order valence-electron chi connectivity index (χ3n) is 1.96. The van der Waals surface area contributed by atoms with E-state index in [1.165, 1.54) is 36.7 Å². The molecule has 0 atom stereocenters. The maximum absolute atomic E-state index is 13.3. The summed E-state index contributed by atoms with van der Waals surface area (Å²) in [4.78, 5) is 11.8. The third kappa shape index (κ3) is 1.88. The highest BCUT2D eigenvalue weighted by atomic mass is 19.1. The number of rotatable bonds is 2. The van der Waals surface area contributed by atoms with E-state index in [9.17, 15) is 9.18 Å². The summed E-state index contributed by atoms with van der Waals surface area (Å²) in [6.45, 7) is 0. The fraction of sp³-hybridized carbons (Fsp3) is 0. The highest BCUT2D eigenvalue weighted by Gasteiger charge is 2.12. The minimum Gasteiger partial charge on any atom is -0.288 e. The number of benzene rings is 1. The van der Waals surface area contributed by atoms with Crippen molar-refractivity contribution in [3.05, 3.63) is 59.7 Å². The van der Waals surface area contributed by atoms with Crippen LogP contribution in [0.3, 0.4) is 0 Å². The molecule has 2 rings (SSSR count). The van der Waals surface area contributed by atoms with Crippen molar-refractivity contribution in [3.63, 3.8) is 0 Å². The van der Waals surface area contributed by atoms with Crippen molar-refractivity contribution < 1.29 is 9.18 Å². The van der Waals surface area contributed by atoms with Crippen LogP contribution in [-0.2, 0) is 0 Å². The second kappa shape index (κ2) is 3.96. The second-order valence-electron chi connectivity index (χ2n) is 2.94. The lowest BCUT2D eigenvalue weighted by Crippen LogP contribution is -2.04. The van der Waals surface area contributed by atoms with Crippen LogP contribution < -0.4 is 0 Å². The molecule has 0 aliphatic heterocycles. The van der Waals surface area contributed by atoms with Gasteiger partial charge in [-0.05, 0) is 18.2 Å². The number of hydrogen-bond donors (Lipinski definition) is 0. The Balaban J connectivity index is 2.42. The molecule has 0 aliphatic carbocycles. The van der Waals surface area contributed by atoms with Crippen LogP contribution in [-0.4, -0.2) is 16.0 Å². The molecule has 4 heteroatoms. The normalized spacial score (nSPS) is 9.93. The first kappa shape index (κ1) is 9.45. The molecule has 0 spiro atoms. The topological polar surface area (TPSA) is 42.9 Å². The van der Waals surface area contributed by atoms with Crippen LogP contribution >= 0.6 is 0 Å². The van der Waals surface area contributed by atoms with E-state index in [0.29, 0.717) is 5.56 Å². The third-order valence-corrected chi connectivity index (χ3v) is 1.96. The Labute approximate surface area is 85.6 Å². The summed E-state index contributed by atoms with van der Waals surface area (Å²) < 4.78 is 13.3. The van der Waals surface area contributed by atoms with Crippen LogP contribution in [0.5, 0.6) is 0 Å². The van der Waals surface area contributed by atoms with Crippen LogP contribution in [0.2, 0.25) is 0 Å². The molecule has 15 heavy (non-hydrogen) atoms. The molecule has 2 aromatic rings. The van der Waals surface area contributed by atoms with Gasteiger partial charge in [0.1, 0.15) is 5.82 Å². The molecular weight excluding hydrogens is 195 g/mol. The van der Waals surface area contributed by atoms with Gasteiger partial charge in [-0.3, -0.25) is 4.79 Å². The van der Waals surface area contributed by atoms with Gasteiger partial charge < -0.3 is 0 Å². The van der Waals surface area contributed by atoms with E-state index < -0.39 is 5.82 Å². The van der Waals surface area contributed by atoms with Gasteiger partial charge in [0, 0.05) is 5.56 Å². The molecule has 0 fully saturated rings. The van der Waals surface area contributed by atoms with Crippen LogP contribution in [0, 0.1) is 5.82 Å². The van der Waals surface area contributed by atoms with Crippen molar-refractivity contribution in [3.8, 4) is 0 Å². The molecule has 0 saturated carbocycles. The van der Waals surface area contributed by atoms with Crippen molar-refractivity contribution in [1.82, 2.24) is 10.2 Å². The van der Waals surface area contributed by atoms with E-state index in [1.807, 2.05) is 0 Å². The van der Waals surface area contributed by atoms with Crippen molar-refractivity contribution in [2.45, 2.75) is 0 Å². The Morgan fingerprint density at radius 2 is 1.93 bits per heavy atom. The SMILES string of the molecule is O=C(c1ccnnc1)c1ccccc1F. The first-order valence-electron chi connectivity index (χ1n) is 4.35. The fourth-order valence-corrected chi connectivity index (χ4v) is 1.23. The summed E-state index contributed by atoms with van der Waals surface area (Å²) in [5.74, 6) is -0.915. The quantitative estimate of drug-likeness (QED) is 0.698. The van der Waals surface area contributed by atoms with E-state index >= 15 is 0 Å². The van der Waals surface area contributed by atoms with E-state index in [1.54, 1.807) is 6.07 Å². The number of halogens is 1. The number of carbonyl (C=O) groups excluding carboxylic acids is 1. The zero-order valence-electron chi connectivity index (χ0n) is 7.72. The molecule has 0 unspecified atom stereocenters. The van der Waals surface area contributed by atoms with Crippen LogP contribution in [0.15, 0.2) is 42.7 Å². The number of hydrogen-bond acceptors (Lipinski definition) is 3. The number of ketones is 1. The van der Waals surface area contributed by atoms with E-state index in [2.05, 4.69) is 10.2 Å². The molecule has 0 N–H and O–H groups in total. The van der Waals surface area contributed by atoms with Gasteiger partial charge in [0.05, 0.1) is 18.0 Å². The minimum absolute atomic E-state index is 0.0468. The number of nitrogens with zero attached hydrogens (tertiary/aromatic N) is 2. The molecule has 0 amide bonds. The predicted octanol–water partition coefficient (Wildman–Crippen LogP) is 1.85. The van der Waals surface area contributed by atoms with Gasteiger partial charge in [0.2, 0.25) is 0 Å². The Bertz CT molecular complexity index is 485. The number of carbonyl (C=O) groups is 1. The predicted molar refractivity (Wildman–Crippen MR) is 51.9 cm³/mol. The Morgan fingerprint density at radius 1 is 1.13 bits per heavy atom. The highest BCUT2D eigenvalue weighted by molar-refractivity contribution is 6.08. The maximum atomic E-state index is 13.3. The zero-order chi connectivity index (χ0) is 10.7. The Kier molecular flexibility index (Phi) is 2.49. The molecule has 0 saturated heterocycles. The van der Waals surface area contributed by atoms with Gasteiger partial charge in [-0.2, -0.15) is 10.2 Å². The van der Waals surface area contributed by atoms with E-state index in [-0.39, 0.29) is 11.3 Å². The summed E-state index contributed by atoms with van der Waals surface area (Å²) in [6.07, 6.45) is 2.71. The van der Waals surface area contributed by atoms with Gasteiger partial charge in [0.15, 0.2) is 5.78 Å². The van der Waals surface area contributed by atoms with Gasteiger partial charge in [0.25, 0.3) is 0 Å². The standard InChI is InChI=1S/C11H7FN2O/c12-10-4-2-1-3-9(10)11(15)8-5-6-13-14-7-8/h1-7H. The molecule has 3 nitrogen and oxygen atoms in total. The molecule has 1 aromatic heterocycles. The Morgan fingerprint density at radius 3 is 2.60 bits per heavy atom. The largest absolute Gasteiger partial charge is 0.288 e. The lowest BCUT2D eigenvalue weighted by molar-refractivity contribution is 0.103. The average molecular weight is 202 g/mol. The first-order valence-corrected chi connectivity index (χ1v) is 4.35. The van der Waals surface area contributed by atoms with Crippen LogP contribution in [0.1, 0.15) is 15.9 Å². The lowest BCUT2D eigenvalue weighted by Gasteiger charge is -2.00. The zero-order valence-corrected chi connectivity index (χ0v) is 7.72. The summed E-state index contributed by atoms with van der Waals surface area (Å²) in [7, 11) is 0. The molecule has 1 aromatic carbocycles. The summed E-state index contributed by atoms with van der Waals surface area (Å²) in [6, 6.07) is 7.35. The van der Waals surface area contributed by atoms with Gasteiger partial charge in [-0.1, -0.05) is 12.1 Å². The average Bonchev–Trinajstić information content (AvgIpc) is 2.30. The fourth-order valence-electron chi connectivity index (χ4n) is 1.23. The maximum Gasteiger partial charge on any atom is 0.197 e. The highest BCUT2D eigenvalue weighted by Crippen LogP contribution is 2.11. The minimum atomic E-state index is -0.528. The van der Waals surface area contributed by atoms with Crippen LogP contribution in [0.25, 0.3) is 0 Å². The van der Waals surface area contributed by atoms with Crippen molar-refractivity contribution in [2.24, 2.45) is 0 Å².